The second kappa shape index (κ2) is 8.75. The van der Waals surface area contributed by atoms with Crippen LogP contribution in [0.4, 0.5) is 0 Å². The maximum atomic E-state index is 12.8. The number of ether oxygens (including phenoxy) is 2. The Balaban J connectivity index is 1.38. The molecule has 7 heteroatoms. The molecule has 0 N–H and O–H groups in total. The molecular weight excluding hydrogens is 360 g/mol. The summed E-state index contributed by atoms with van der Waals surface area (Å²) < 4.78 is 16.3. The minimum atomic E-state index is -0.403. The van der Waals surface area contributed by atoms with Crippen molar-refractivity contribution >= 4 is 16.9 Å². The van der Waals surface area contributed by atoms with Gasteiger partial charge >= 0.3 is 5.63 Å². The van der Waals surface area contributed by atoms with E-state index < -0.39 is 5.63 Å². The van der Waals surface area contributed by atoms with Crippen LogP contribution in [0.2, 0.25) is 0 Å². The number of carbonyl (C=O) groups is 1. The van der Waals surface area contributed by atoms with Gasteiger partial charge in [-0.2, -0.15) is 0 Å². The number of piperidine rings is 1. The van der Waals surface area contributed by atoms with Crippen molar-refractivity contribution in [3.8, 4) is 5.75 Å². The van der Waals surface area contributed by atoms with Crippen molar-refractivity contribution in [1.29, 1.82) is 0 Å². The van der Waals surface area contributed by atoms with E-state index in [1.54, 1.807) is 18.2 Å². The molecule has 2 fully saturated rings. The molecule has 3 heterocycles. The molecule has 0 aliphatic carbocycles. The smallest absolute Gasteiger partial charge is 0.336 e. The highest BCUT2D eigenvalue weighted by molar-refractivity contribution is 5.79. The van der Waals surface area contributed by atoms with Crippen molar-refractivity contribution < 1.29 is 18.7 Å². The fourth-order valence-electron chi connectivity index (χ4n) is 3.96. The molecule has 4 rings (SSSR count). The normalized spacial score (nSPS) is 21.0. The number of fused-ring (bicyclic) bond motifs is 1. The van der Waals surface area contributed by atoms with Crippen molar-refractivity contribution in [1.82, 2.24) is 9.80 Å². The number of benzene rings is 1. The van der Waals surface area contributed by atoms with Crippen LogP contribution in [-0.4, -0.2) is 67.7 Å². The average Bonchev–Trinajstić information content (AvgIpc) is 2.73. The van der Waals surface area contributed by atoms with Crippen LogP contribution in [0.15, 0.2) is 39.5 Å². The van der Waals surface area contributed by atoms with Crippen molar-refractivity contribution in [2.75, 3.05) is 46.0 Å². The van der Waals surface area contributed by atoms with Gasteiger partial charge in [-0.1, -0.05) is 0 Å². The van der Waals surface area contributed by atoms with Gasteiger partial charge in [0.2, 0.25) is 0 Å². The first-order valence-electron chi connectivity index (χ1n) is 9.95. The third-order valence-electron chi connectivity index (χ3n) is 5.48. The van der Waals surface area contributed by atoms with Crippen LogP contribution in [0.1, 0.15) is 19.3 Å². The van der Waals surface area contributed by atoms with Gasteiger partial charge in [0.05, 0.1) is 13.2 Å². The Kier molecular flexibility index (Phi) is 5.92. The quantitative estimate of drug-likeness (QED) is 0.731. The SMILES string of the molecule is O=C(COc1ccc2ccc(=O)oc2c1)N1CCCCC1CN1CCOCC1. The Hall–Kier alpha value is -2.38. The van der Waals surface area contributed by atoms with Crippen LogP contribution >= 0.6 is 0 Å². The summed E-state index contributed by atoms with van der Waals surface area (Å²) >= 11 is 0. The Morgan fingerprint density at radius 3 is 2.79 bits per heavy atom. The van der Waals surface area contributed by atoms with E-state index in [1.807, 2.05) is 11.0 Å². The van der Waals surface area contributed by atoms with Gasteiger partial charge < -0.3 is 18.8 Å². The number of hydrogen-bond donors (Lipinski definition) is 0. The van der Waals surface area contributed by atoms with Crippen LogP contribution in [0, 0.1) is 0 Å². The molecule has 7 nitrogen and oxygen atoms in total. The van der Waals surface area contributed by atoms with Crippen LogP contribution < -0.4 is 10.4 Å². The van der Waals surface area contributed by atoms with Gasteiger partial charge in [-0.3, -0.25) is 9.69 Å². The fourth-order valence-corrected chi connectivity index (χ4v) is 3.96. The minimum absolute atomic E-state index is 0.00701. The predicted octanol–water partition coefficient (Wildman–Crippen LogP) is 1.89. The molecule has 2 aromatic rings. The molecule has 2 aliphatic heterocycles. The molecule has 2 aliphatic rings. The monoisotopic (exact) mass is 386 g/mol. The van der Waals surface area contributed by atoms with E-state index in [9.17, 15) is 9.59 Å². The second-order valence-corrected chi connectivity index (χ2v) is 7.39. The maximum absolute atomic E-state index is 12.8. The summed E-state index contributed by atoms with van der Waals surface area (Å²) in [5.74, 6) is 0.532. The lowest BCUT2D eigenvalue weighted by molar-refractivity contribution is -0.137. The van der Waals surface area contributed by atoms with E-state index in [4.69, 9.17) is 13.9 Å². The zero-order valence-electron chi connectivity index (χ0n) is 16.0. The van der Waals surface area contributed by atoms with Gasteiger partial charge in [0, 0.05) is 49.7 Å². The van der Waals surface area contributed by atoms with E-state index in [0.29, 0.717) is 11.3 Å². The molecule has 1 atom stereocenters. The molecule has 28 heavy (non-hydrogen) atoms. The van der Waals surface area contributed by atoms with Crippen molar-refractivity contribution in [2.45, 2.75) is 25.3 Å². The van der Waals surface area contributed by atoms with Crippen molar-refractivity contribution in [2.24, 2.45) is 0 Å². The van der Waals surface area contributed by atoms with E-state index in [-0.39, 0.29) is 18.6 Å². The molecule has 0 saturated carbocycles. The number of amides is 1. The number of nitrogens with zero attached hydrogens (tertiary/aromatic N) is 2. The molecule has 150 valence electrons. The van der Waals surface area contributed by atoms with Crippen molar-refractivity contribution in [3.63, 3.8) is 0 Å². The fraction of sp³-hybridized carbons (Fsp3) is 0.524. The number of rotatable bonds is 5. The Morgan fingerprint density at radius 2 is 1.93 bits per heavy atom. The molecule has 0 bridgehead atoms. The molecule has 1 amide bonds. The number of carbonyl (C=O) groups excluding carboxylic acids is 1. The summed E-state index contributed by atoms with van der Waals surface area (Å²) in [6.45, 7) is 5.06. The standard InChI is InChI=1S/C21H26N2O5/c24-20(15-27-18-6-4-16-5-7-21(25)28-19(16)13-18)23-8-2-1-3-17(23)14-22-9-11-26-12-10-22/h4-7,13,17H,1-3,8-12,14-15H2. The lowest BCUT2D eigenvalue weighted by atomic mass is 10.0. The topological polar surface area (TPSA) is 72.2 Å². The number of morpholine rings is 1. The summed E-state index contributed by atoms with van der Waals surface area (Å²) in [6.07, 6.45) is 3.22. The molecular formula is C21H26N2O5. The zero-order valence-corrected chi connectivity index (χ0v) is 16.0. The number of likely N-dealkylation sites (tertiary alicyclic amines) is 1. The van der Waals surface area contributed by atoms with E-state index in [0.717, 1.165) is 64.0 Å². The first-order chi connectivity index (χ1) is 13.7. The van der Waals surface area contributed by atoms with Crippen LogP contribution in [0.25, 0.3) is 11.0 Å². The molecule has 1 unspecified atom stereocenters. The highest BCUT2D eigenvalue weighted by atomic mass is 16.5. The van der Waals surface area contributed by atoms with Crippen molar-refractivity contribution in [3.05, 3.63) is 40.8 Å². The summed E-state index contributed by atoms with van der Waals surface area (Å²) in [7, 11) is 0. The van der Waals surface area contributed by atoms with Gasteiger partial charge in [0.15, 0.2) is 6.61 Å². The second-order valence-electron chi connectivity index (χ2n) is 7.39. The van der Waals surface area contributed by atoms with Crippen LogP contribution in [0.5, 0.6) is 5.75 Å². The maximum Gasteiger partial charge on any atom is 0.336 e. The summed E-state index contributed by atoms with van der Waals surface area (Å²) in [6, 6.07) is 8.60. The van der Waals surface area contributed by atoms with Gasteiger partial charge in [0.25, 0.3) is 5.91 Å². The Bertz CT molecular complexity index is 874. The third kappa shape index (κ3) is 4.54. The van der Waals surface area contributed by atoms with Crippen LogP contribution in [0.3, 0.4) is 0 Å². The molecule has 1 aromatic carbocycles. The highest BCUT2D eigenvalue weighted by Gasteiger charge is 2.29. The van der Waals surface area contributed by atoms with E-state index in [2.05, 4.69) is 4.90 Å². The van der Waals surface area contributed by atoms with Gasteiger partial charge in [-0.25, -0.2) is 4.79 Å². The summed E-state index contributed by atoms with van der Waals surface area (Å²) in [4.78, 5) is 28.6. The Labute approximate surface area is 163 Å². The lowest BCUT2D eigenvalue weighted by Gasteiger charge is -2.39. The predicted molar refractivity (Wildman–Crippen MR) is 105 cm³/mol. The molecule has 0 radical (unpaired) electrons. The number of hydrogen-bond acceptors (Lipinski definition) is 6. The lowest BCUT2D eigenvalue weighted by Crippen LogP contribution is -2.52. The van der Waals surface area contributed by atoms with Gasteiger partial charge in [-0.15, -0.1) is 0 Å². The highest BCUT2D eigenvalue weighted by Crippen LogP contribution is 2.21. The largest absolute Gasteiger partial charge is 0.484 e. The first-order valence-corrected chi connectivity index (χ1v) is 9.95. The Morgan fingerprint density at radius 1 is 1.11 bits per heavy atom. The van der Waals surface area contributed by atoms with Gasteiger partial charge in [0.1, 0.15) is 11.3 Å². The third-order valence-corrected chi connectivity index (χ3v) is 5.48. The summed E-state index contributed by atoms with van der Waals surface area (Å²) in [5, 5.41) is 0.819. The minimum Gasteiger partial charge on any atom is -0.484 e. The molecule has 1 aromatic heterocycles. The van der Waals surface area contributed by atoms with E-state index in [1.165, 1.54) is 6.07 Å². The summed E-state index contributed by atoms with van der Waals surface area (Å²) in [5.41, 5.74) is 0.0561. The zero-order chi connectivity index (χ0) is 19.3. The molecule has 2 saturated heterocycles. The average molecular weight is 386 g/mol. The van der Waals surface area contributed by atoms with Gasteiger partial charge in [-0.05, 0) is 37.5 Å². The van der Waals surface area contributed by atoms with E-state index >= 15 is 0 Å². The van der Waals surface area contributed by atoms with Crippen LogP contribution in [-0.2, 0) is 9.53 Å². The molecule has 0 spiro atoms. The first kappa shape index (κ1) is 19.0.